The van der Waals surface area contributed by atoms with Crippen molar-refractivity contribution in [3.05, 3.63) is 23.2 Å². The Kier molecular flexibility index (Phi) is 4.71. The van der Waals surface area contributed by atoms with Crippen molar-refractivity contribution in [2.75, 3.05) is 18.8 Å². The van der Waals surface area contributed by atoms with Gasteiger partial charge in [-0.25, -0.2) is 4.98 Å². The van der Waals surface area contributed by atoms with E-state index in [1.165, 1.54) is 11.8 Å². The van der Waals surface area contributed by atoms with Crippen LogP contribution in [0.2, 0.25) is 5.02 Å². The molecule has 1 amide bonds. The monoisotopic (exact) mass is 298 g/mol. The number of rotatable bonds is 5. The van der Waals surface area contributed by atoms with Gasteiger partial charge in [0, 0.05) is 18.1 Å². The van der Waals surface area contributed by atoms with Crippen molar-refractivity contribution in [2.45, 2.75) is 19.1 Å². The van der Waals surface area contributed by atoms with Crippen molar-refractivity contribution < 1.29 is 9.21 Å². The van der Waals surface area contributed by atoms with E-state index in [1.807, 2.05) is 13.8 Å². The van der Waals surface area contributed by atoms with Crippen LogP contribution in [0.4, 0.5) is 0 Å². The van der Waals surface area contributed by atoms with E-state index < -0.39 is 0 Å². The Balaban J connectivity index is 2.03. The molecule has 0 unspecified atom stereocenters. The van der Waals surface area contributed by atoms with Gasteiger partial charge in [0.05, 0.1) is 5.75 Å². The van der Waals surface area contributed by atoms with Crippen molar-refractivity contribution >= 4 is 40.4 Å². The Morgan fingerprint density at radius 2 is 2.16 bits per heavy atom. The first-order valence-corrected chi connectivity index (χ1v) is 7.47. The minimum Gasteiger partial charge on any atom is -0.431 e. The van der Waals surface area contributed by atoms with Gasteiger partial charge in [-0.05, 0) is 32.0 Å². The number of carbonyl (C=O) groups excluding carboxylic acids is 1. The Morgan fingerprint density at radius 3 is 2.84 bits per heavy atom. The molecule has 4 nitrogen and oxygen atoms in total. The summed E-state index contributed by atoms with van der Waals surface area (Å²) in [7, 11) is 0. The minimum atomic E-state index is 0.0929. The third kappa shape index (κ3) is 3.42. The molecule has 0 spiro atoms. The van der Waals surface area contributed by atoms with Crippen LogP contribution in [0.15, 0.2) is 27.8 Å². The van der Waals surface area contributed by atoms with Crippen molar-refractivity contribution in [3.8, 4) is 0 Å². The lowest BCUT2D eigenvalue weighted by atomic mass is 10.3. The largest absolute Gasteiger partial charge is 0.431 e. The van der Waals surface area contributed by atoms with E-state index in [9.17, 15) is 4.79 Å². The van der Waals surface area contributed by atoms with Crippen LogP contribution in [0.1, 0.15) is 13.8 Å². The van der Waals surface area contributed by atoms with E-state index in [0.29, 0.717) is 27.1 Å². The average molecular weight is 299 g/mol. The number of amides is 1. The number of hydrogen-bond donors (Lipinski definition) is 0. The highest BCUT2D eigenvalue weighted by atomic mass is 35.5. The average Bonchev–Trinajstić information content (AvgIpc) is 2.79. The van der Waals surface area contributed by atoms with Gasteiger partial charge in [-0.1, -0.05) is 23.4 Å². The quantitative estimate of drug-likeness (QED) is 0.793. The number of nitrogens with zero attached hydrogens (tertiary/aromatic N) is 2. The Labute approximate surface area is 121 Å². The van der Waals surface area contributed by atoms with Crippen LogP contribution < -0.4 is 0 Å². The number of carbonyl (C=O) groups is 1. The molecule has 1 aromatic heterocycles. The molecule has 0 radical (unpaired) electrons. The molecule has 0 saturated heterocycles. The van der Waals surface area contributed by atoms with Crippen LogP contribution in [-0.4, -0.2) is 34.6 Å². The fourth-order valence-corrected chi connectivity index (χ4v) is 2.64. The molecule has 102 valence electrons. The number of hydrogen-bond acceptors (Lipinski definition) is 4. The SMILES string of the molecule is CCN(CC)C(=O)CSc1nc2cc(Cl)ccc2o1. The van der Waals surface area contributed by atoms with Gasteiger partial charge >= 0.3 is 0 Å². The molecule has 0 atom stereocenters. The van der Waals surface area contributed by atoms with Gasteiger partial charge in [0.25, 0.3) is 5.22 Å². The molecule has 0 bridgehead atoms. The van der Waals surface area contributed by atoms with Gasteiger partial charge in [0.1, 0.15) is 5.52 Å². The molecule has 0 aliphatic heterocycles. The topological polar surface area (TPSA) is 46.3 Å². The molecule has 0 aliphatic rings. The first-order chi connectivity index (χ1) is 9.13. The number of halogens is 1. The van der Waals surface area contributed by atoms with Crippen molar-refractivity contribution in [2.24, 2.45) is 0 Å². The summed E-state index contributed by atoms with van der Waals surface area (Å²) in [5, 5.41) is 1.12. The summed E-state index contributed by atoms with van der Waals surface area (Å²) in [6.45, 7) is 5.37. The van der Waals surface area contributed by atoms with E-state index in [1.54, 1.807) is 23.1 Å². The maximum Gasteiger partial charge on any atom is 0.257 e. The second-order valence-electron chi connectivity index (χ2n) is 3.95. The standard InChI is InChI=1S/C13H15ClN2O2S/c1-3-16(4-2)12(17)8-19-13-15-10-7-9(14)5-6-11(10)18-13/h5-7H,3-4,8H2,1-2H3. The second kappa shape index (κ2) is 6.30. The Bertz CT molecular complexity index is 581. The zero-order valence-corrected chi connectivity index (χ0v) is 12.4. The van der Waals surface area contributed by atoms with Gasteiger partial charge in [-0.3, -0.25) is 4.79 Å². The molecular formula is C13H15ClN2O2S. The molecule has 2 aromatic rings. The summed E-state index contributed by atoms with van der Waals surface area (Å²) in [6, 6.07) is 5.28. The summed E-state index contributed by atoms with van der Waals surface area (Å²) in [5.41, 5.74) is 1.40. The summed E-state index contributed by atoms with van der Waals surface area (Å²) in [4.78, 5) is 17.9. The van der Waals surface area contributed by atoms with Gasteiger partial charge < -0.3 is 9.32 Å². The number of fused-ring (bicyclic) bond motifs is 1. The van der Waals surface area contributed by atoms with Crippen LogP contribution in [0.3, 0.4) is 0 Å². The first kappa shape index (κ1) is 14.2. The fourth-order valence-electron chi connectivity index (χ4n) is 1.73. The minimum absolute atomic E-state index is 0.0929. The maximum atomic E-state index is 11.9. The van der Waals surface area contributed by atoms with E-state index in [2.05, 4.69) is 4.98 Å². The van der Waals surface area contributed by atoms with Gasteiger partial charge in [0.2, 0.25) is 5.91 Å². The van der Waals surface area contributed by atoms with E-state index in [4.69, 9.17) is 16.0 Å². The fraction of sp³-hybridized carbons (Fsp3) is 0.385. The number of thioether (sulfide) groups is 1. The number of benzene rings is 1. The van der Waals surface area contributed by atoms with Crippen LogP contribution in [0, 0.1) is 0 Å². The molecule has 19 heavy (non-hydrogen) atoms. The summed E-state index contributed by atoms with van der Waals surface area (Å²) < 4.78 is 5.54. The normalized spacial score (nSPS) is 10.9. The van der Waals surface area contributed by atoms with Crippen molar-refractivity contribution in [3.63, 3.8) is 0 Å². The number of aromatic nitrogens is 1. The third-order valence-electron chi connectivity index (χ3n) is 2.77. The Morgan fingerprint density at radius 1 is 1.42 bits per heavy atom. The summed E-state index contributed by atoms with van der Waals surface area (Å²) in [6.07, 6.45) is 0. The van der Waals surface area contributed by atoms with Gasteiger partial charge in [0.15, 0.2) is 5.58 Å². The van der Waals surface area contributed by atoms with Crippen LogP contribution in [0.5, 0.6) is 0 Å². The lowest BCUT2D eigenvalue weighted by molar-refractivity contribution is -0.127. The third-order valence-corrected chi connectivity index (χ3v) is 3.81. The van der Waals surface area contributed by atoms with Crippen molar-refractivity contribution in [1.82, 2.24) is 9.88 Å². The maximum absolute atomic E-state index is 11.9. The lowest BCUT2D eigenvalue weighted by Gasteiger charge is -2.17. The van der Waals surface area contributed by atoms with E-state index in [0.717, 1.165) is 13.1 Å². The predicted octanol–water partition coefficient (Wildman–Crippen LogP) is 3.44. The van der Waals surface area contributed by atoms with Gasteiger partial charge in [-0.15, -0.1) is 0 Å². The molecule has 0 saturated carbocycles. The molecular weight excluding hydrogens is 284 g/mol. The molecule has 1 heterocycles. The molecule has 1 aromatic carbocycles. The molecule has 2 rings (SSSR count). The summed E-state index contributed by atoms with van der Waals surface area (Å²) in [5.74, 6) is 0.428. The smallest absolute Gasteiger partial charge is 0.257 e. The highest BCUT2D eigenvalue weighted by Gasteiger charge is 2.13. The van der Waals surface area contributed by atoms with Crippen LogP contribution in [0.25, 0.3) is 11.1 Å². The second-order valence-corrected chi connectivity index (χ2v) is 5.31. The Hall–Kier alpha value is -1.20. The lowest BCUT2D eigenvalue weighted by Crippen LogP contribution is -2.31. The highest BCUT2D eigenvalue weighted by Crippen LogP contribution is 2.25. The molecule has 0 N–H and O–H groups in total. The molecule has 0 aliphatic carbocycles. The van der Waals surface area contributed by atoms with Crippen LogP contribution in [-0.2, 0) is 4.79 Å². The predicted molar refractivity (Wildman–Crippen MR) is 77.7 cm³/mol. The van der Waals surface area contributed by atoms with Gasteiger partial charge in [-0.2, -0.15) is 0 Å². The number of oxazole rings is 1. The van der Waals surface area contributed by atoms with E-state index in [-0.39, 0.29) is 5.91 Å². The van der Waals surface area contributed by atoms with Crippen LogP contribution >= 0.6 is 23.4 Å². The molecule has 6 heteroatoms. The first-order valence-electron chi connectivity index (χ1n) is 6.10. The molecule has 0 fully saturated rings. The van der Waals surface area contributed by atoms with Crippen molar-refractivity contribution in [1.29, 1.82) is 0 Å². The zero-order valence-electron chi connectivity index (χ0n) is 10.9. The summed E-state index contributed by atoms with van der Waals surface area (Å²) >= 11 is 7.19. The van der Waals surface area contributed by atoms with E-state index >= 15 is 0 Å². The highest BCUT2D eigenvalue weighted by molar-refractivity contribution is 7.99. The zero-order chi connectivity index (χ0) is 13.8.